The molecular formula is C15H11ClO3. The molecule has 0 saturated heterocycles. The number of benzene rings is 2. The number of carbonyl (C=O) groups excluding carboxylic acids is 2. The smallest absolute Gasteiger partial charge is 0.343 e. The lowest BCUT2D eigenvalue weighted by Crippen LogP contribution is -2.11. The second-order valence-electron chi connectivity index (χ2n) is 4.00. The van der Waals surface area contributed by atoms with Crippen LogP contribution in [-0.2, 0) is 0 Å². The lowest BCUT2D eigenvalue weighted by molar-refractivity contribution is 0.0733. The SMILES string of the molecule is Cc1ccccc1C(=O)Oc1ccc(Cl)cc1C=O. The molecule has 4 heteroatoms. The summed E-state index contributed by atoms with van der Waals surface area (Å²) >= 11 is 5.77. The van der Waals surface area contributed by atoms with Crippen molar-refractivity contribution < 1.29 is 14.3 Å². The van der Waals surface area contributed by atoms with Gasteiger partial charge in [0.2, 0.25) is 0 Å². The monoisotopic (exact) mass is 274 g/mol. The van der Waals surface area contributed by atoms with Gasteiger partial charge in [0.1, 0.15) is 5.75 Å². The van der Waals surface area contributed by atoms with Crippen molar-refractivity contribution in [3.05, 3.63) is 64.2 Å². The molecule has 0 aliphatic heterocycles. The molecule has 0 radical (unpaired) electrons. The van der Waals surface area contributed by atoms with Crippen LogP contribution in [0.15, 0.2) is 42.5 Å². The fraction of sp³-hybridized carbons (Fsp3) is 0.0667. The standard InChI is InChI=1S/C15H11ClO3/c1-10-4-2-3-5-13(10)15(18)19-14-7-6-12(16)8-11(14)9-17/h2-9H,1H3. The van der Waals surface area contributed by atoms with Gasteiger partial charge >= 0.3 is 5.97 Å². The van der Waals surface area contributed by atoms with E-state index < -0.39 is 5.97 Å². The third-order valence-electron chi connectivity index (χ3n) is 2.67. The molecule has 0 spiro atoms. The molecule has 0 N–H and O–H groups in total. The number of esters is 1. The fourth-order valence-corrected chi connectivity index (χ4v) is 1.84. The molecule has 0 heterocycles. The molecule has 0 fully saturated rings. The molecule has 0 saturated carbocycles. The first-order valence-corrected chi connectivity index (χ1v) is 6.02. The Hall–Kier alpha value is -2.13. The normalized spacial score (nSPS) is 10.0. The Labute approximate surface area is 115 Å². The minimum atomic E-state index is -0.497. The maximum Gasteiger partial charge on any atom is 0.343 e. The summed E-state index contributed by atoms with van der Waals surface area (Å²) in [5.74, 6) is -0.295. The highest BCUT2D eigenvalue weighted by atomic mass is 35.5. The minimum absolute atomic E-state index is 0.202. The van der Waals surface area contributed by atoms with E-state index in [1.165, 1.54) is 12.1 Å². The molecule has 0 atom stereocenters. The van der Waals surface area contributed by atoms with Crippen LogP contribution in [0.3, 0.4) is 0 Å². The molecule has 0 aliphatic rings. The van der Waals surface area contributed by atoms with Crippen LogP contribution in [0.25, 0.3) is 0 Å². The maximum absolute atomic E-state index is 12.0. The topological polar surface area (TPSA) is 43.4 Å². The Morgan fingerprint density at radius 2 is 1.95 bits per heavy atom. The number of hydrogen-bond acceptors (Lipinski definition) is 3. The van der Waals surface area contributed by atoms with Crippen LogP contribution in [-0.4, -0.2) is 12.3 Å². The lowest BCUT2D eigenvalue weighted by atomic mass is 10.1. The average molecular weight is 275 g/mol. The van der Waals surface area contributed by atoms with Crippen LogP contribution >= 0.6 is 11.6 Å². The maximum atomic E-state index is 12.0. The van der Waals surface area contributed by atoms with E-state index >= 15 is 0 Å². The molecule has 2 aromatic carbocycles. The van der Waals surface area contributed by atoms with Gasteiger partial charge in [0.15, 0.2) is 6.29 Å². The van der Waals surface area contributed by atoms with Crippen molar-refractivity contribution in [2.75, 3.05) is 0 Å². The van der Waals surface area contributed by atoms with E-state index in [0.717, 1.165) is 5.56 Å². The summed E-state index contributed by atoms with van der Waals surface area (Å²) in [7, 11) is 0. The molecule has 19 heavy (non-hydrogen) atoms. The van der Waals surface area contributed by atoms with E-state index in [2.05, 4.69) is 0 Å². The van der Waals surface area contributed by atoms with E-state index in [-0.39, 0.29) is 11.3 Å². The number of halogens is 1. The predicted octanol–water partition coefficient (Wildman–Crippen LogP) is 3.68. The first-order valence-electron chi connectivity index (χ1n) is 5.64. The van der Waals surface area contributed by atoms with Gasteiger partial charge in [0, 0.05) is 5.02 Å². The Balaban J connectivity index is 2.29. The minimum Gasteiger partial charge on any atom is -0.422 e. The third kappa shape index (κ3) is 3.01. The van der Waals surface area contributed by atoms with Gasteiger partial charge in [-0.2, -0.15) is 0 Å². The highest BCUT2D eigenvalue weighted by Gasteiger charge is 2.13. The quantitative estimate of drug-likeness (QED) is 0.487. The molecule has 0 aromatic heterocycles. The van der Waals surface area contributed by atoms with E-state index in [1.807, 2.05) is 19.1 Å². The number of carbonyl (C=O) groups is 2. The van der Waals surface area contributed by atoms with Gasteiger partial charge in [0.25, 0.3) is 0 Å². The van der Waals surface area contributed by atoms with Crippen molar-refractivity contribution in [2.24, 2.45) is 0 Å². The second-order valence-corrected chi connectivity index (χ2v) is 4.44. The third-order valence-corrected chi connectivity index (χ3v) is 2.90. The van der Waals surface area contributed by atoms with Gasteiger partial charge in [0.05, 0.1) is 11.1 Å². The number of rotatable bonds is 3. The zero-order chi connectivity index (χ0) is 13.8. The Kier molecular flexibility index (Phi) is 3.97. The van der Waals surface area contributed by atoms with Crippen LogP contribution in [0.1, 0.15) is 26.3 Å². The summed E-state index contributed by atoms with van der Waals surface area (Å²) < 4.78 is 5.23. The first kappa shape index (κ1) is 13.3. The molecule has 2 aromatic rings. The van der Waals surface area contributed by atoms with Gasteiger partial charge in [-0.15, -0.1) is 0 Å². The lowest BCUT2D eigenvalue weighted by Gasteiger charge is -2.08. The molecule has 0 bridgehead atoms. The fourth-order valence-electron chi connectivity index (χ4n) is 1.66. The highest BCUT2D eigenvalue weighted by molar-refractivity contribution is 6.30. The van der Waals surface area contributed by atoms with Crippen molar-refractivity contribution in [1.82, 2.24) is 0 Å². The van der Waals surface area contributed by atoms with Crippen LogP contribution < -0.4 is 4.74 Å². The molecular weight excluding hydrogens is 264 g/mol. The van der Waals surface area contributed by atoms with Crippen molar-refractivity contribution in [3.63, 3.8) is 0 Å². The summed E-state index contributed by atoms with van der Waals surface area (Å²) in [4.78, 5) is 22.9. The van der Waals surface area contributed by atoms with Gasteiger partial charge in [-0.05, 0) is 36.8 Å². The molecule has 0 amide bonds. The summed E-state index contributed by atoms with van der Waals surface area (Å²) in [5.41, 5.74) is 1.53. The van der Waals surface area contributed by atoms with Crippen molar-refractivity contribution >= 4 is 23.9 Å². The zero-order valence-corrected chi connectivity index (χ0v) is 11.0. The Bertz CT molecular complexity index is 635. The van der Waals surface area contributed by atoms with E-state index in [1.54, 1.807) is 18.2 Å². The summed E-state index contributed by atoms with van der Waals surface area (Å²) in [6, 6.07) is 11.6. The molecule has 3 nitrogen and oxygen atoms in total. The summed E-state index contributed by atoms with van der Waals surface area (Å²) in [6.45, 7) is 1.82. The van der Waals surface area contributed by atoms with Gasteiger partial charge in [-0.25, -0.2) is 4.79 Å². The number of hydrogen-bond donors (Lipinski definition) is 0. The average Bonchev–Trinajstić information content (AvgIpc) is 2.41. The molecule has 0 aliphatic carbocycles. The van der Waals surface area contributed by atoms with Gasteiger partial charge < -0.3 is 4.74 Å². The van der Waals surface area contributed by atoms with Crippen molar-refractivity contribution in [2.45, 2.75) is 6.92 Å². The molecule has 2 rings (SSSR count). The Morgan fingerprint density at radius 1 is 1.21 bits per heavy atom. The van der Waals surface area contributed by atoms with Crippen LogP contribution in [0.4, 0.5) is 0 Å². The van der Waals surface area contributed by atoms with E-state index in [9.17, 15) is 9.59 Å². The first-order chi connectivity index (χ1) is 9.11. The Morgan fingerprint density at radius 3 is 2.63 bits per heavy atom. The summed E-state index contributed by atoms with van der Waals surface area (Å²) in [5, 5.41) is 0.415. The molecule has 0 unspecified atom stereocenters. The van der Waals surface area contributed by atoms with Gasteiger partial charge in [-0.1, -0.05) is 29.8 Å². The van der Waals surface area contributed by atoms with E-state index in [0.29, 0.717) is 16.9 Å². The van der Waals surface area contributed by atoms with Crippen LogP contribution in [0.5, 0.6) is 5.75 Å². The predicted molar refractivity (Wildman–Crippen MR) is 73.0 cm³/mol. The number of aryl methyl sites for hydroxylation is 1. The summed E-state index contributed by atoms with van der Waals surface area (Å²) in [6.07, 6.45) is 0.604. The number of ether oxygens (including phenoxy) is 1. The van der Waals surface area contributed by atoms with Gasteiger partial charge in [-0.3, -0.25) is 4.79 Å². The van der Waals surface area contributed by atoms with Crippen LogP contribution in [0, 0.1) is 6.92 Å². The van der Waals surface area contributed by atoms with Crippen molar-refractivity contribution in [1.29, 1.82) is 0 Å². The zero-order valence-electron chi connectivity index (χ0n) is 10.2. The van der Waals surface area contributed by atoms with E-state index in [4.69, 9.17) is 16.3 Å². The number of aldehydes is 1. The van der Waals surface area contributed by atoms with Crippen molar-refractivity contribution in [3.8, 4) is 5.75 Å². The highest BCUT2D eigenvalue weighted by Crippen LogP contribution is 2.22. The molecule has 96 valence electrons. The van der Waals surface area contributed by atoms with Crippen LogP contribution in [0.2, 0.25) is 5.02 Å². The second kappa shape index (κ2) is 5.67. The largest absolute Gasteiger partial charge is 0.422 e.